The van der Waals surface area contributed by atoms with Gasteiger partial charge in [0.05, 0.1) is 29.6 Å². The van der Waals surface area contributed by atoms with Crippen molar-refractivity contribution in [3.63, 3.8) is 0 Å². The molecule has 0 aromatic carbocycles. The number of hydrogen-bond donors (Lipinski definition) is 2. The van der Waals surface area contributed by atoms with E-state index in [0.29, 0.717) is 18.9 Å². The summed E-state index contributed by atoms with van der Waals surface area (Å²) in [5.41, 5.74) is -3.05. The average molecular weight is 359 g/mol. The second kappa shape index (κ2) is 5.31. The topological polar surface area (TPSA) is 84.3 Å². The standard InChI is InChI=1S/C16H20F3N3O3/c1-8-5-10-9(6-20-22(10)7-14(2,3)23)12-11(8)13(21-25-12)15(4,24)16(17,18)19/h6,8,23-24H,5,7H2,1-4H3/t8-,15+/m0/s1. The predicted molar refractivity (Wildman–Crippen MR) is 81.8 cm³/mol. The highest BCUT2D eigenvalue weighted by Crippen LogP contribution is 2.47. The molecule has 0 radical (unpaired) electrons. The highest BCUT2D eigenvalue weighted by molar-refractivity contribution is 5.68. The summed E-state index contributed by atoms with van der Waals surface area (Å²) in [6, 6.07) is 0. The zero-order chi connectivity index (χ0) is 18.8. The maximum absolute atomic E-state index is 13.2. The lowest BCUT2D eigenvalue weighted by molar-refractivity contribution is -0.261. The number of hydrogen-bond acceptors (Lipinski definition) is 5. The summed E-state index contributed by atoms with van der Waals surface area (Å²) < 4.78 is 46.4. The molecule has 2 heterocycles. The van der Waals surface area contributed by atoms with Crippen LogP contribution in [0.15, 0.2) is 10.7 Å². The van der Waals surface area contributed by atoms with Crippen molar-refractivity contribution in [3.8, 4) is 11.3 Å². The van der Waals surface area contributed by atoms with Crippen molar-refractivity contribution in [3.05, 3.63) is 23.1 Å². The zero-order valence-electron chi connectivity index (χ0n) is 14.3. The van der Waals surface area contributed by atoms with Crippen molar-refractivity contribution in [1.82, 2.24) is 14.9 Å². The molecule has 1 aliphatic carbocycles. The van der Waals surface area contributed by atoms with E-state index in [1.54, 1.807) is 25.5 Å². The predicted octanol–water partition coefficient (Wildman–Crippen LogP) is 2.74. The van der Waals surface area contributed by atoms with Gasteiger partial charge < -0.3 is 14.7 Å². The van der Waals surface area contributed by atoms with E-state index in [-0.39, 0.29) is 23.8 Å². The Morgan fingerprint density at radius 2 is 1.92 bits per heavy atom. The molecule has 2 atom stereocenters. The molecule has 138 valence electrons. The van der Waals surface area contributed by atoms with Gasteiger partial charge in [-0.25, -0.2) is 0 Å². The lowest BCUT2D eigenvalue weighted by Gasteiger charge is -2.28. The van der Waals surface area contributed by atoms with Gasteiger partial charge in [0.2, 0.25) is 5.60 Å². The molecular formula is C16H20F3N3O3. The Morgan fingerprint density at radius 3 is 2.48 bits per heavy atom. The molecule has 9 heteroatoms. The van der Waals surface area contributed by atoms with Gasteiger partial charge in [0.25, 0.3) is 0 Å². The van der Waals surface area contributed by atoms with Gasteiger partial charge >= 0.3 is 6.18 Å². The lowest BCUT2D eigenvalue weighted by atomic mass is 9.82. The molecular weight excluding hydrogens is 339 g/mol. The van der Waals surface area contributed by atoms with Crippen LogP contribution in [0.1, 0.15) is 50.6 Å². The Kier molecular flexibility index (Phi) is 3.81. The maximum Gasteiger partial charge on any atom is 0.422 e. The largest absolute Gasteiger partial charge is 0.422 e. The Balaban J connectivity index is 2.11. The number of alkyl halides is 3. The van der Waals surface area contributed by atoms with Crippen LogP contribution in [0.5, 0.6) is 0 Å². The van der Waals surface area contributed by atoms with E-state index in [0.717, 1.165) is 5.69 Å². The first-order valence-corrected chi connectivity index (χ1v) is 7.89. The molecule has 0 saturated carbocycles. The van der Waals surface area contributed by atoms with Crippen molar-refractivity contribution in [2.75, 3.05) is 0 Å². The maximum atomic E-state index is 13.2. The number of fused-ring (bicyclic) bond motifs is 3. The van der Waals surface area contributed by atoms with Crippen LogP contribution in [0.4, 0.5) is 13.2 Å². The number of nitrogens with zero attached hydrogens (tertiary/aromatic N) is 3. The fourth-order valence-corrected chi connectivity index (χ4v) is 3.14. The summed E-state index contributed by atoms with van der Waals surface area (Å²) in [6.07, 6.45) is -2.98. The Morgan fingerprint density at radius 1 is 1.28 bits per heavy atom. The van der Waals surface area contributed by atoms with Crippen LogP contribution in [0.2, 0.25) is 0 Å². The van der Waals surface area contributed by atoms with Crippen LogP contribution in [-0.4, -0.2) is 36.9 Å². The Labute approximate surface area is 142 Å². The van der Waals surface area contributed by atoms with E-state index in [4.69, 9.17) is 4.52 Å². The van der Waals surface area contributed by atoms with E-state index in [1.807, 2.05) is 0 Å². The van der Waals surface area contributed by atoms with Gasteiger partial charge in [-0.3, -0.25) is 4.68 Å². The third-order valence-corrected chi connectivity index (χ3v) is 4.46. The molecule has 0 bridgehead atoms. The molecule has 0 spiro atoms. The summed E-state index contributed by atoms with van der Waals surface area (Å²) in [5, 5.41) is 27.7. The Hall–Kier alpha value is -1.87. The molecule has 3 rings (SSSR count). The summed E-state index contributed by atoms with van der Waals surface area (Å²) in [7, 11) is 0. The molecule has 0 amide bonds. The fourth-order valence-electron chi connectivity index (χ4n) is 3.14. The van der Waals surface area contributed by atoms with Gasteiger partial charge in [-0.1, -0.05) is 12.1 Å². The number of aliphatic hydroxyl groups is 2. The first-order chi connectivity index (χ1) is 11.3. The second-order valence-corrected chi connectivity index (χ2v) is 7.42. The van der Waals surface area contributed by atoms with Gasteiger partial charge in [-0.05, 0) is 33.1 Å². The smallest absolute Gasteiger partial charge is 0.389 e. The second-order valence-electron chi connectivity index (χ2n) is 7.42. The molecule has 0 unspecified atom stereocenters. The summed E-state index contributed by atoms with van der Waals surface area (Å²) in [4.78, 5) is 0. The van der Waals surface area contributed by atoms with Gasteiger partial charge in [-0.2, -0.15) is 18.3 Å². The van der Waals surface area contributed by atoms with Crippen LogP contribution < -0.4 is 0 Å². The van der Waals surface area contributed by atoms with Crippen molar-refractivity contribution >= 4 is 0 Å². The minimum Gasteiger partial charge on any atom is -0.389 e. The van der Waals surface area contributed by atoms with Crippen molar-refractivity contribution in [1.29, 1.82) is 0 Å². The van der Waals surface area contributed by atoms with Crippen LogP contribution in [0.25, 0.3) is 11.3 Å². The van der Waals surface area contributed by atoms with Gasteiger partial charge in [0, 0.05) is 5.56 Å². The van der Waals surface area contributed by atoms with Crippen molar-refractivity contribution in [2.45, 2.75) is 64.0 Å². The van der Waals surface area contributed by atoms with Crippen molar-refractivity contribution < 1.29 is 27.9 Å². The molecule has 1 aliphatic rings. The summed E-state index contributed by atoms with van der Waals surface area (Å²) in [5.74, 6) is -0.162. The van der Waals surface area contributed by atoms with Crippen LogP contribution in [0, 0.1) is 0 Å². The lowest BCUT2D eigenvalue weighted by Crippen LogP contribution is -2.40. The molecule has 2 aromatic rings. The first-order valence-electron chi connectivity index (χ1n) is 7.89. The van der Waals surface area contributed by atoms with Gasteiger partial charge in [-0.15, -0.1) is 0 Å². The highest BCUT2D eigenvalue weighted by Gasteiger charge is 2.55. The van der Waals surface area contributed by atoms with E-state index in [9.17, 15) is 23.4 Å². The van der Waals surface area contributed by atoms with Crippen LogP contribution in [-0.2, 0) is 18.6 Å². The Bertz CT molecular complexity index is 800. The van der Waals surface area contributed by atoms with E-state index >= 15 is 0 Å². The summed E-state index contributed by atoms with van der Waals surface area (Å²) >= 11 is 0. The number of aromatic nitrogens is 3. The van der Waals surface area contributed by atoms with E-state index in [2.05, 4.69) is 10.3 Å². The van der Waals surface area contributed by atoms with Gasteiger partial charge in [0.15, 0.2) is 5.76 Å². The molecule has 25 heavy (non-hydrogen) atoms. The fraction of sp³-hybridized carbons (Fsp3) is 0.625. The average Bonchev–Trinajstić information content (AvgIpc) is 3.01. The number of halogens is 3. The minimum absolute atomic E-state index is 0.190. The molecule has 0 saturated heterocycles. The summed E-state index contributed by atoms with van der Waals surface area (Å²) in [6.45, 7) is 5.95. The third-order valence-electron chi connectivity index (χ3n) is 4.46. The third kappa shape index (κ3) is 2.85. The molecule has 0 fully saturated rings. The molecule has 6 nitrogen and oxygen atoms in total. The normalized spacial score (nSPS) is 20.1. The minimum atomic E-state index is -4.87. The zero-order valence-corrected chi connectivity index (χ0v) is 14.3. The number of rotatable bonds is 3. The van der Waals surface area contributed by atoms with E-state index < -0.39 is 23.1 Å². The van der Waals surface area contributed by atoms with E-state index in [1.165, 1.54) is 6.20 Å². The van der Waals surface area contributed by atoms with Gasteiger partial charge in [0.1, 0.15) is 5.69 Å². The molecule has 0 aliphatic heterocycles. The van der Waals surface area contributed by atoms with Crippen molar-refractivity contribution in [2.24, 2.45) is 0 Å². The molecule has 2 aromatic heterocycles. The first kappa shape index (κ1) is 17.9. The van der Waals surface area contributed by atoms with Crippen LogP contribution in [0.3, 0.4) is 0 Å². The monoisotopic (exact) mass is 359 g/mol. The quantitative estimate of drug-likeness (QED) is 0.880. The molecule has 2 N–H and O–H groups in total. The van der Waals surface area contributed by atoms with Crippen LogP contribution >= 0.6 is 0 Å². The highest BCUT2D eigenvalue weighted by atomic mass is 19.4. The SMILES string of the molecule is C[C@H]1Cc2c(cnn2CC(C)(C)O)-c2onc([C@@](C)(O)C(F)(F)F)c21.